The number of hydrogen-bond acceptors (Lipinski definition) is 7. The molecule has 120 valence electrons. The summed E-state index contributed by atoms with van der Waals surface area (Å²) in [7, 11) is 0. The SMILES string of the molecule is Cc1cc2nc(NCCCCN)nc(N3CCOCC3)c2s1. The van der Waals surface area contributed by atoms with Crippen molar-refractivity contribution in [1.82, 2.24) is 9.97 Å². The molecule has 0 amide bonds. The predicted octanol–water partition coefficient (Wildman–Crippen LogP) is 1.99. The Morgan fingerprint density at radius 2 is 2.14 bits per heavy atom. The first-order valence-corrected chi connectivity index (χ1v) is 8.64. The van der Waals surface area contributed by atoms with Gasteiger partial charge in [0, 0.05) is 24.5 Å². The first kappa shape index (κ1) is 15.5. The molecule has 3 N–H and O–H groups in total. The fraction of sp³-hybridized carbons (Fsp3) is 0.600. The minimum Gasteiger partial charge on any atom is -0.378 e. The fourth-order valence-electron chi connectivity index (χ4n) is 2.57. The molecule has 7 heteroatoms. The number of fused-ring (bicyclic) bond motifs is 1. The molecular weight excluding hydrogens is 298 g/mol. The third kappa shape index (κ3) is 3.48. The molecule has 22 heavy (non-hydrogen) atoms. The molecule has 0 bridgehead atoms. The second-order valence-electron chi connectivity index (χ2n) is 5.46. The summed E-state index contributed by atoms with van der Waals surface area (Å²) in [4.78, 5) is 13.0. The number of aryl methyl sites for hydroxylation is 1. The first-order valence-electron chi connectivity index (χ1n) is 7.83. The molecule has 2 aromatic rings. The lowest BCUT2D eigenvalue weighted by Crippen LogP contribution is -2.37. The van der Waals surface area contributed by atoms with E-state index < -0.39 is 0 Å². The van der Waals surface area contributed by atoms with Crippen LogP contribution in [-0.2, 0) is 4.74 Å². The van der Waals surface area contributed by atoms with Crippen LogP contribution in [0.15, 0.2) is 6.07 Å². The highest BCUT2D eigenvalue weighted by molar-refractivity contribution is 7.19. The summed E-state index contributed by atoms with van der Waals surface area (Å²) in [5.74, 6) is 1.75. The first-order chi connectivity index (χ1) is 10.8. The van der Waals surface area contributed by atoms with Crippen LogP contribution in [0.4, 0.5) is 11.8 Å². The zero-order valence-electron chi connectivity index (χ0n) is 13.0. The maximum atomic E-state index is 5.53. The van der Waals surface area contributed by atoms with E-state index in [9.17, 15) is 0 Å². The van der Waals surface area contributed by atoms with Crippen LogP contribution in [0.1, 0.15) is 17.7 Å². The van der Waals surface area contributed by atoms with Crippen LogP contribution in [0.3, 0.4) is 0 Å². The van der Waals surface area contributed by atoms with E-state index in [0.29, 0.717) is 5.95 Å². The lowest BCUT2D eigenvalue weighted by molar-refractivity contribution is 0.122. The average Bonchev–Trinajstić information content (AvgIpc) is 2.92. The lowest BCUT2D eigenvalue weighted by atomic mass is 10.3. The van der Waals surface area contributed by atoms with Crippen LogP contribution in [0.25, 0.3) is 10.2 Å². The summed E-state index contributed by atoms with van der Waals surface area (Å²) in [6.45, 7) is 6.98. The smallest absolute Gasteiger partial charge is 0.225 e. The van der Waals surface area contributed by atoms with Crippen molar-refractivity contribution < 1.29 is 4.74 Å². The van der Waals surface area contributed by atoms with E-state index in [1.54, 1.807) is 11.3 Å². The van der Waals surface area contributed by atoms with Crippen LogP contribution >= 0.6 is 11.3 Å². The van der Waals surface area contributed by atoms with Crippen LogP contribution < -0.4 is 16.0 Å². The van der Waals surface area contributed by atoms with Gasteiger partial charge in [-0.25, -0.2) is 4.98 Å². The quantitative estimate of drug-likeness (QED) is 0.793. The maximum Gasteiger partial charge on any atom is 0.225 e. The number of nitrogens with one attached hydrogen (secondary N) is 1. The van der Waals surface area contributed by atoms with Gasteiger partial charge in [0.1, 0.15) is 0 Å². The Hall–Kier alpha value is -1.44. The van der Waals surface area contributed by atoms with Crippen molar-refractivity contribution in [2.45, 2.75) is 19.8 Å². The molecule has 0 aliphatic carbocycles. The summed E-state index contributed by atoms with van der Waals surface area (Å²) in [5.41, 5.74) is 6.56. The Kier molecular flexibility index (Phi) is 5.07. The number of unbranched alkanes of at least 4 members (excludes halogenated alkanes) is 1. The highest BCUT2D eigenvalue weighted by atomic mass is 32.1. The predicted molar refractivity (Wildman–Crippen MR) is 92.0 cm³/mol. The lowest BCUT2D eigenvalue weighted by Gasteiger charge is -2.28. The molecule has 3 heterocycles. The molecule has 1 saturated heterocycles. The Bertz CT molecular complexity index is 624. The van der Waals surface area contributed by atoms with Crippen LogP contribution in [0.5, 0.6) is 0 Å². The second-order valence-corrected chi connectivity index (χ2v) is 6.72. The molecular formula is C15H23N5OS. The van der Waals surface area contributed by atoms with Gasteiger partial charge in [0.05, 0.1) is 23.4 Å². The fourth-order valence-corrected chi connectivity index (χ4v) is 3.54. The molecule has 3 rings (SSSR count). The Labute approximate surface area is 134 Å². The number of aromatic nitrogens is 2. The molecule has 0 spiro atoms. The van der Waals surface area contributed by atoms with Gasteiger partial charge in [-0.15, -0.1) is 11.3 Å². The van der Waals surface area contributed by atoms with E-state index in [0.717, 1.165) is 63.6 Å². The second kappa shape index (κ2) is 7.21. The zero-order valence-corrected chi connectivity index (χ0v) is 13.8. The van der Waals surface area contributed by atoms with Gasteiger partial charge in [-0.05, 0) is 32.4 Å². The molecule has 0 aromatic carbocycles. The monoisotopic (exact) mass is 321 g/mol. The highest BCUT2D eigenvalue weighted by Gasteiger charge is 2.18. The van der Waals surface area contributed by atoms with E-state index in [1.165, 1.54) is 9.58 Å². The van der Waals surface area contributed by atoms with Crippen molar-refractivity contribution in [2.75, 3.05) is 49.6 Å². The van der Waals surface area contributed by atoms with Crippen molar-refractivity contribution in [3.8, 4) is 0 Å². The van der Waals surface area contributed by atoms with Crippen molar-refractivity contribution in [2.24, 2.45) is 5.73 Å². The van der Waals surface area contributed by atoms with Crippen molar-refractivity contribution in [3.05, 3.63) is 10.9 Å². The largest absolute Gasteiger partial charge is 0.378 e. The van der Waals surface area contributed by atoms with E-state index in [2.05, 4.69) is 28.2 Å². The van der Waals surface area contributed by atoms with Crippen LogP contribution in [0.2, 0.25) is 0 Å². The molecule has 6 nitrogen and oxygen atoms in total. The van der Waals surface area contributed by atoms with E-state index in [4.69, 9.17) is 15.5 Å². The van der Waals surface area contributed by atoms with Crippen molar-refractivity contribution in [3.63, 3.8) is 0 Å². The third-order valence-corrected chi connectivity index (χ3v) is 4.74. The molecule has 1 aliphatic rings. The molecule has 0 saturated carbocycles. The van der Waals surface area contributed by atoms with E-state index >= 15 is 0 Å². The summed E-state index contributed by atoms with van der Waals surface area (Å²) in [5, 5.41) is 3.33. The number of rotatable bonds is 6. The van der Waals surface area contributed by atoms with Gasteiger partial charge in [-0.3, -0.25) is 0 Å². The molecule has 1 fully saturated rings. The molecule has 0 atom stereocenters. The number of thiophene rings is 1. The Morgan fingerprint density at radius 3 is 2.91 bits per heavy atom. The van der Waals surface area contributed by atoms with Crippen LogP contribution in [0, 0.1) is 6.92 Å². The number of morpholine rings is 1. The zero-order chi connectivity index (χ0) is 15.4. The molecule has 0 unspecified atom stereocenters. The standard InChI is InChI=1S/C15H23N5OS/c1-11-10-12-13(22-11)14(20-6-8-21-9-7-20)19-15(18-12)17-5-3-2-4-16/h10H,2-9,16H2,1H3,(H,17,18,19). The van der Waals surface area contributed by atoms with Gasteiger partial charge in [0.2, 0.25) is 5.95 Å². The highest BCUT2D eigenvalue weighted by Crippen LogP contribution is 2.32. The summed E-state index contributed by atoms with van der Waals surface area (Å²) in [6, 6.07) is 2.14. The van der Waals surface area contributed by atoms with Crippen molar-refractivity contribution >= 4 is 33.3 Å². The maximum absolute atomic E-state index is 5.53. The number of hydrogen-bond donors (Lipinski definition) is 2. The molecule has 2 aromatic heterocycles. The third-order valence-electron chi connectivity index (χ3n) is 3.70. The van der Waals surface area contributed by atoms with Crippen molar-refractivity contribution in [1.29, 1.82) is 0 Å². The van der Waals surface area contributed by atoms with Gasteiger partial charge in [0.25, 0.3) is 0 Å². The van der Waals surface area contributed by atoms with Gasteiger partial charge in [-0.2, -0.15) is 4.98 Å². The summed E-state index contributed by atoms with van der Waals surface area (Å²) >= 11 is 1.76. The number of anilines is 2. The minimum atomic E-state index is 0.712. The topological polar surface area (TPSA) is 76.3 Å². The van der Waals surface area contributed by atoms with Gasteiger partial charge in [0.15, 0.2) is 5.82 Å². The minimum absolute atomic E-state index is 0.712. The van der Waals surface area contributed by atoms with Gasteiger partial charge < -0.3 is 20.7 Å². The molecule has 0 radical (unpaired) electrons. The van der Waals surface area contributed by atoms with Gasteiger partial charge >= 0.3 is 0 Å². The Balaban J connectivity index is 1.86. The van der Waals surface area contributed by atoms with Crippen LogP contribution in [-0.4, -0.2) is 49.4 Å². The summed E-state index contributed by atoms with van der Waals surface area (Å²) < 4.78 is 6.62. The van der Waals surface area contributed by atoms with E-state index in [1.807, 2.05) is 0 Å². The normalized spacial score (nSPS) is 15.5. The number of ether oxygens (including phenoxy) is 1. The number of nitrogens with zero attached hydrogens (tertiary/aromatic N) is 3. The Morgan fingerprint density at radius 1 is 1.32 bits per heavy atom. The van der Waals surface area contributed by atoms with Gasteiger partial charge in [-0.1, -0.05) is 0 Å². The number of nitrogens with two attached hydrogens (primary N) is 1. The molecule has 1 aliphatic heterocycles. The van der Waals surface area contributed by atoms with E-state index in [-0.39, 0.29) is 0 Å². The average molecular weight is 321 g/mol. The summed E-state index contributed by atoms with van der Waals surface area (Å²) in [6.07, 6.45) is 2.05.